The minimum absolute atomic E-state index is 0.247. The average molecular weight is 300 g/mol. The topological polar surface area (TPSA) is 41.9 Å². The second-order valence-electron chi connectivity index (χ2n) is 5.64. The van der Waals surface area contributed by atoms with Gasteiger partial charge in [-0.15, -0.1) is 0 Å². The van der Waals surface area contributed by atoms with Crippen LogP contribution >= 0.6 is 0 Å². The van der Waals surface area contributed by atoms with Crippen LogP contribution in [0.4, 0.5) is 0 Å². The molecule has 4 heteroatoms. The Hall–Kier alpha value is -1.94. The van der Waals surface area contributed by atoms with Crippen LogP contribution in [0.3, 0.4) is 0 Å². The van der Waals surface area contributed by atoms with Crippen molar-refractivity contribution in [2.24, 2.45) is 10.9 Å². The zero-order valence-electron chi connectivity index (χ0n) is 13.4. The molecule has 1 saturated heterocycles. The van der Waals surface area contributed by atoms with Gasteiger partial charge in [-0.1, -0.05) is 12.2 Å². The number of carbonyl (C=O) groups excluding carboxylic acids is 1. The molecule has 118 valence electrons. The number of aliphatic imine (C=N–C) groups is 1. The van der Waals surface area contributed by atoms with Gasteiger partial charge in [0.2, 0.25) is 5.88 Å². The molecule has 1 fully saturated rings. The van der Waals surface area contributed by atoms with Gasteiger partial charge in [0.1, 0.15) is 6.29 Å². The van der Waals surface area contributed by atoms with Crippen LogP contribution in [0.1, 0.15) is 19.8 Å². The number of rotatable bonds is 5. The lowest BCUT2D eigenvalue weighted by molar-refractivity contribution is -0.112. The molecule has 0 aromatic carbocycles. The quantitative estimate of drug-likeness (QED) is 0.579. The number of carbonyl (C=O) groups is 1. The van der Waals surface area contributed by atoms with E-state index >= 15 is 0 Å². The van der Waals surface area contributed by atoms with E-state index in [4.69, 9.17) is 4.74 Å². The summed E-state index contributed by atoms with van der Waals surface area (Å²) in [6, 6.07) is 0. The molecule has 0 atom stereocenters. The number of hydrogen-bond acceptors (Lipinski definition) is 4. The third-order valence-corrected chi connectivity index (χ3v) is 4.11. The standard InChI is InChI=1S/C18H24N2O2/c1-4-17-11-16(5-6-18(17)19-14(2)22-3)12-20-9-7-15(13-21)8-10-20/h4-6,11,13,15H,2,7-10,12H2,1,3H3/b17-4-,19-18-. The van der Waals surface area contributed by atoms with Crippen molar-refractivity contribution in [3.8, 4) is 0 Å². The summed E-state index contributed by atoms with van der Waals surface area (Å²) in [5, 5.41) is 0. The smallest absolute Gasteiger partial charge is 0.206 e. The highest BCUT2D eigenvalue weighted by molar-refractivity contribution is 6.12. The van der Waals surface area contributed by atoms with Gasteiger partial charge in [-0.3, -0.25) is 4.90 Å². The molecular weight excluding hydrogens is 276 g/mol. The number of allylic oxidation sites excluding steroid dienone is 4. The Morgan fingerprint density at radius 1 is 1.45 bits per heavy atom. The summed E-state index contributed by atoms with van der Waals surface area (Å²) in [6.07, 6.45) is 11.3. The van der Waals surface area contributed by atoms with E-state index in [-0.39, 0.29) is 5.92 Å². The van der Waals surface area contributed by atoms with Crippen LogP contribution in [0.25, 0.3) is 0 Å². The minimum atomic E-state index is 0.247. The third kappa shape index (κ3) is 4.28. The molecule has 0 N–H and O–H groups in total. The molecule has 1 heterocycles. The lowest BCUT2D eigenvalue weighted by Crippen LogP contribution is -2.35. The highest BCUT2D eigenvalue weighted by atomic mass is 16.5. The van der Waals surface area contributed by atoms with Crippen molar-refractivity contribution >= 4 is 12.0 Å². The Morgan fingerprint density at radius 3 is 2.77 bits per heavy atom. The van der Waals surface area contributed by atoms with Gasteiger partial charge < -0.3 is 9.53 Å². The maximum absolute atomic E-state index is 10.8. The fourth-order valence-electron chi connectivity index (χ4n) is 2.72. The molecule has 1 aliphatic heterocycles. The Morgan fingerprint density at radius 2 is 2.18 bits per heavy atom. The zero-order chi connectivity index (χ0) is 15.9. The van der Waals surface area contributed by atoms with E-state index in [1.807, 2.05) is 19.1 Å². The van der Waals surface area contributed by atoms with Gasteiger partial charge in [0.25, 0.3) is 0 Å². The molecule has 0 aromatic heterocycles. The Kier molecular flexibility index (Phi) is 5.90. The Bertz CT molecular complexity index is 547. The van der Waals surface area contributed by atoms with E-state index in [0.717, 1.165) is 50.0 Å². The van der Waals surface area contributed by atoms with Crippen LogP contribution in [0.2, 0.25) is 0 Å². The maximum atomic E-state index is 10.8. The highest BCUT2D eigenvalue weighted by Crippen LogP contribution is 2.20. The largest absolute Gasteiger partial charge is 0.481 e. The van der Waals surface area contributed by atoms with Crippen LogP contribution in [-0.4, -0.2) is 43.6 Å². The normalized spacial score (nSPS) is 23.6. The van der Waals surface area contributed by atoms with Gasteiger partial charge in [0.05, 0.1) is 12.8 Å². The summed E-state index contributed by atoms with van der Waals surface area (Å²) < 4.78 is 5.01. The van der Waals surface area contributed by atoms with Crippen molar-refractivity contribution < 1.29 is 9.53 Å². The number of nitrogens with zero attached hydrogens (tertiary/aromatic N) is 2. The van der Waals surface area contributed by atoms with Crippen molar-refractivity contribution in [1.82, 2.24) is 4.90 Å². The van der Waals surface area contributed by atoms with Crippen LogP contribution < -0.4 is 0 Å². The van der Waals surface area contributed by atoms with Crippen molar-refractivity contribution in [3.63, 3.8) is 0 Å². The predicted molar refractivity (Wildman–Crippen MR) is 89.8 cm³/mol. The number of piperidine rings is 1. The van der Waals surface area contributed by atoms with E-state index in [2.05, 4.69) is 28.6 Å². The first-order chi connectivity index (χ1) is 10.7. The van der Waals surface area contributed by atoms with Gasteiger partial charge in [-0.25, -0.2) is 4.99 Å². The fourth-order valence-corrected chi connectivity index (χ4v) is 2.72. The summed E-state index contributed by atoms with van der Waals surface area (Å²) >= 11 is 0. The summed E-state index contributed by atoms with van der Waals surface area (Å²) in [5.74, 6) is 0.656. The van der Waals surface area contributed by atoms with Gasteiger partial charge in [0.15, 0.2) is 0 Å². The maximum Gasteiger partial charge on any atom is 0.206 e. The van der Waals surface area contributed by atoms with Crippen molar-refractivity contribution in [3.05, 3.63) is 47.9 Å². The van der Waals surface area contributed by atoms with Crippen LogP contribution in [0, 0.1) is 5.92 Å². The molecule has 22 heavy (non-hydrogen) atoms. The molecule has 0 radical (unpaired) electrons. The molecule has 0 saturated carbocycles. The van der Waals surface area contributed by atoms with E-state index < -0.39 is 0 Å². The number of aldehydes is 1. The summed E-state index contributed by atoms with van der Waals surface area (Å²) in [7, 11) is 1.57. The molecule has 0 aromatic rings. The number of hydrogen-bond donors (Lipinski definition) is 0. The first kappa shape index (κ1) is 16.4. The molecule has 2 aliphatic rings. The number of likely N-dealkylation sites (tertiary alicyclic amines) is 1. The van der Waals surface area contributed by atoms with Gasteiger partial charge >= 0.3 is 0 Å². The van der Waals surface area contributed by atoms with E-state index in [9.17, 15) is 4.79 Å². The van der Waals surface area contributed by atoms with Crippen LogP contribution in [0.15, 0.2) is 52.9 Å². The summed E-state index contributed by atoms with van der Waals surface area (Å²) in [5.41, 5.74) is 3.22. The minimum Gasteiger partial charge on any atom is -0.481 e. The van der Waals surface area contributed by atoms with E-state index in [1.165, 1.54) is 5.57 Å². The first-order valence-corrected chi connectivity index (χ1v) is 7.70. The third-order valence-electron chi connectivity index (χ3n) is 4.11. The molecule has 2 rings (SSSR count). The molecule has 0 spiro atoms. The second kappa shape index (κ2) is 7.90. The van der Waals surface area contributed by atoms with Crippen LogP contribution in [0.5, 0.6) is 0 Å². The lowest BCUT2D eigenvalue weighted by Gasteiger charge is -2.30. The number of methoxy groups -OCH3 is 1. The fraction of sp³-hybridized carbons (Fsp3) is 0.444. The van der Waals surface area contributed by atoms with E-state index in [0.29, 0.717) is 5.88 Å². The second-order valence-corrected chi connectivity index (χ2v) is 5.64. The van der Waals surface area contributed by atoms with Crippen LogP contribution in [-0.2, 0) is 9.53 Å². The zero-order valence-corrected chi connectivity index (χ0v) is 13.4. The van der Waals surface area contributed by atoms with Crippen molar-refractivity contribution in [2.45, 2.75) is 19.8 Å². The van der Waals surface area contributed by atoms with Crippen molar-refractivity contribution in [2.75, 3.05) is 26.7 Å². The summed E-state index contributed by atoms with van der Waals surface area (Å²) in [6.45, 7) is 8.63. The summed E-state index contributed by atoms with van der Waals surface area (Å²) in [4.78, 5) is 17.6. The predicted octanol–water partition coefficient (Wildman–Crippen LogP) is 2.90. The molecular formula is C18H24N2O2. The van der Waals surface area contributed by atoms with Gasteiger partial charge in [0, 0.05) is 12.5 Å². The lowest BCUT2D eigenvalue weighted by atomic mass is 9.96. The monoisotopic (exact) mass is 300 g/mol. The highest BCUT2D eigenvalue weighted by Gasteiger charge is 2.19. The van der Waals surface area contributed by atoms with E-state index in [1.54, 1.807) is 7.11 Å². The average Bonchev–Trinajstić information content (AvgIpc) is 2.56. The SMILES string of the molecule is C=C(/N=C1/C=CC(CN2CCC(C=O)CC2)=C/C1=C/C)OC. The van der Waals surface area contributed by atoms with Crippen molar-refractivity contribution in [1.29, 1.82) is 0 Å². The molecule has 0 unspecified atom stereocenters. The van der Waals surface area contributed by atoms with Gasteiger partial charge in [-0.2, -0.15) is 0 Å². The molecule has 1 aliphatic carbocycles. The van der Waals surface area contributed by atoms with Gasteiger partial charge in [-0.05, 0) is 62.7 Å². The molecule has 0 bridgehead atoms. The number of ether oxygens (including phenoxy) is 1. The Labute approximate surface area is 132 Å². The first-order valence-electron chi connectivity index (χ1n) is 7.70. The molecule has 4 nitrogen and oxygen atoms in total. The molecule has 0 amide bonds. The Balaban J connectivity index is 2.00.